The quantitative estimate of drug-likeness (QED) is 0.577. The van der Waals surface area contributed by atoms with Crippen molar-refractivity contribution >= 4 is 39.1 Å². The molecule has 1 atom stereocenters. The van der Waals surface area contributed by atoms with Gasteiger partial charge in [-0.15, -0.1) is 0 Å². The fourth-order valence-corrected chi connectivity index (χ4v) is 4.62. The van der Waals surface area contributed by atoms with Crippen LogP contribution >= 0.6 is 11.6 Å². The highest BCUT2D eigenvalue weighted by Gasteiger charge is 2.30. The molecule has 9 heteroatoms. The number of rotatable bonds is 9. The van der Waals surface area contributed by atoms with Crippen LogP contribution in [0, 0.1) is 13.8 Å². The zero-order chi connectivity index (χ0) is 24.9. The van der Waals surface area contributed by atoms with Gasteiger partial charge in [0.05, 0.1) is 11.9 Å². The van der Waals surface area contributed by atoms with Gasteiger partial charge in [-0.05, 0) is 63.9 Å². The van der Waals surface area contributed by atoms with Crippen LogP contribution in [-0.4, -0.2) is 50.0 Å². The van der Waals surface area contributed by atoms with Crippen molar-refractivity contribution in [3.05, 3.63) is 64.2 Å². The molecule has 2 aromatic rings. The second kappa shape index (κ2) is 11.0. The van der Waals surface area contributed by atoms with E-state index in [9.17, 15) is 18.0 Å². The van der Waals surface area contributed by atoms with Gasteiger partial charge in [0, 0.05) is 17.6 Å². The molecule has 0 radical (unpaired) electrons. The molecule has 0 aliphatic heterocycles. The molecule has 0 bridgehead atoms. The zero-order valence-corrected chi connectivity index (χ0v) is 21.5. The third-order valence-electron chi connectivity index (χ3n) is 5.14. The van der Waals surface area contributed by atoms with Crippen LogP contribution in [-0.2, 0) is 26.2 Å². The standard InChI is InChI=1S/C24H32ClN3O4S/c1-16(2)26-24(30)19(5)27(14-20-9-7-8-17(3)12-20)23(29)15-28(33(6,31)32)22-11-10-21(25)13-18(22)4/h7-13,16,19H,14-15H2,1-6H3,(H,26,30)/t19-/m0/s1. The van der Waals surface area contributed by atoms with Gasteiger partial charge in [-0.25, -0.2) is 8.42 Å². The number of anilines is 1. The molecule has 0 heterocycles. The third-order valence-corrected chi connectivity index (χ3v) is 6.50. The molecule has 0 unspecified atom stereocenters. The monoisotopic (exact) mass is 493 g/mol. The Kier molecular flexibility index (Phi) is 8.91. The van der Waals surface area contributed by atoms with E-state index in [1.165, 1.54) is 4.90 Å². The molecule has 0 aromatic heterocycles. The first-order valence-electron chi connectivity index (χ1n) is 10.7. The van der Waals surface area contributed by atoms with Crippen LogP contribution in [0.2, 0.25) is 5.02 Å². The van der Waals surface area contributed by atoms with E-state index in [1.807, 2.05) is 45.0 Å². The van der Waals surface area contributed by atoms with Gasteiger partial charge in [0.25, 0.3) is 0 Å². The fourth-order valence-electron chi connectivity index (χ4n) is 3.49. The van der Waals surface area contributed by atoms with E-state index < -0.39 is 28.5 Å². The Morgan fingerprint density at radius 1 is 1.06 bits per heavy atom. The molecule has 33 heavy (non-hydrogen) atoms. The molecule has 1 N–H and O–H groups in total. The predicted molar refractivity (Wildman–Crippen MR) is 133 cm³/mol. The third kappa shape index (κ3) is 7.47. The topological polar surface area (TPSA) is 86.8 Å². The molecule has 2 rings (SSSR count). The summed E-state index contributed by atoms with van der Waals surface area (Å²) in [5.74, 6) is -0.790. The number of sulfonamides is 1. The fraction of sp³-hybridized carbons (Fsp3) is 0.417. The summed E-state index contributed by atoms with van der Waals surface area (Å²) in [6, 6.07) is 11.5. The molecule has 0 aliphatic carbocycles. The van der Waals surface area contributed by atoms with Crippen molar-refractivity contribution in [2.45, 2.75) is 53.2 Å². The molecule has 7 nitrogen and oxygen atoms in total. The molecule has 0 saturated carbocycles. The number of benzene rings is 2. The Morgan fingerprint density at radius 3 is 2.27 bits per heavy atom. The number of aryl methyl sites for hydroxylation is 2. The summed E-state index contributed by atoms with van der Waals surface area (Å²) >= 11 is 6.03. The number of carbonyl (C=O) groups is 2. The van der Waals surface area contributed by atoms with Crippen LogP contribution in [0.4, 0.5) is 5.69 Å². The minimum absolute atomic E-state index is 0.0971. The molecule has 2 aromatic carbocycles. The summed E-state index contributed by atoms with van der Waals surface area (Å²) in [5, 5.41) is 3.29. The van der Waals surface area contributed by atoms with Gasteiger partial charge in [0.15, 0.2) is 0 Å². The second-order valence-electron chi connectivity index (χ2n) is 8.55. The van der Waals surface area contributed by atoms with Gasteiger partial charge in [-0.3, -0.25) is 13.9 Å². The number of hydrogen-bond acceptors (Lipinski definition) is 4. The first-order chi connectivity index (χ1) is 15.3. The van der Waals surface area contributed by atoms with Crippen molar-refractivity contribution in [2.75, 3.05) is 17.1 Å². The second-order valence-corrected chi connectivity index (χ2v) is 10.9. The normalized spacial score (nSPS) is 12.4. The van der Waals surface area contributed by atoms with Gasteiger partial charge in [0.2, 0.25) is 21.8 Å². The molecule has 0 spiro atoms. The average Bonchev–Trinajstić information content (AvgIpc) is 2.69. The van der Waals surface area contributed by atoms with Crippen LogP contribution < -0.4 is 9.62 Å². The number of hydrogen-bond donors (Lipinski definition) is 1. The van der Waals surface area contributed by atoms with Crippen molar-refractivity contribution < 1.29 is 18.0 Å². The van der Waals surface area contributed by atoms with Crippen molar-refractivity contribution in [3.8, 4) is 0 Å². The minimum Gasteiger partial charge on any atom is -0.352 e. The molecule has 0 aliphatic rings. The van der Waals surface area contributed by atoms with Crippen molar-refractivity contribution in [2.24, 2.45) is 0 Å². The van der Waals surface area contributed by atoms with Gasteiger partial charge in [-0.1, -0.05) is 41.4 Å². The van der Waals surface area contributed by atoms with Crippen molar-refractivity contribution in [3.63, 3.8) is 0 Å². The number of nitrogens with one attached hydrogen (secondary N) is 1. The number of halogens is 1. The van der Waals surface area contributed by atoms with Crippen LogP contribution in [0.15, 0.2) is 42.5 Å². The Bertz CT molecular complexity index is 1120. The SMILES string of the molecule is Cc1cccc(CN(C(=O)CN(c2ccc(Cl)cc2C)S(C)(=O)=O)[C@@H](C)C(=O)NC(C)C)c1. The Morgan fingerprint density at radius 2 is 1.73 bits per heavy atom. The molecular formula is C24H32ClN3O4S. The lowest BCUT2D eigenvalue weighted by Gasteiger charge is -2.32. The molecule has 2 amide bonds. The van der Waals surface area contributed by atoms with E-state index in [0.717, 1.165) is 21.7 Å². The maximum absolute atomic E-state index is 13.5. The number of amides is 2. The highest BCUT2D eigenvalue weighted by Crippen LogP contribution is 2.26. The Hall–Kier alpha value is -2.58. The molecule has 0 saturated heterocycles. The molecule has 0 fully saturated rings. The first kappa shape index (κ1) is 26.7. The van der Waals surface area contributed by atoms with Crippen molar-refractivity contribution in [1.82, 2.24) is 10.2 Å². The van der Waals surface area contributed by atoms with E-state index in [-0.39, 0.29) is 18.5 Å². The largest absolute Gasteiger partial charge is 0.352 e. The van der Waals surface area contributed by atoms with Crippen LogP contribution in [0.25, 0.3) is 0 Å². The number of nitrogens with zero attached hydrogens (tertiary/aromatic N) is 2. The van der Waals surface area contributed by atoms with E-state index in [2.05, 4.69) is 5.32 Å². The Labute approximate surface area is 201 Å². The molecular weight excluding hydrogens is 462 g/mol. The summed E-state index contributed by atoms with van der Waals surface area (Å²) in [7, 11) is -3.78. The van der Waals surface area contributed by atoms with E-state index in [1.54, 1.807) is 32.0 Å². The summed E-state index contributed by atoms with van der Waals surface area (Å²) in [4.78, 5) is 27.6. The van der Waals surface area contributed by atoms with E-state index >= 15 is 0 Å². The maximum atomic E-state index is 13.5. The summed E-state index contributed by atoms with van der Waals surface area (Å²) in [5.41, 5.74) is 2.86. The summed E-state index contributed by atoms with van der Waals surface area (Å²) < 4.78 is 26.3. The Balaban J connectivity index is 2.42. The summed E-state index contributed by atoms with van der Waals surface area (Å²) in [6.45, 7) is 8.73. The highest BCUT2D eigenvalue weighted by atomic mass is 35.5. The van der Waals surface area contributed by atoms with Crippen LogP contribution in [0.3, 0.4) is 0 Å². The average molecular weight is 494 g/mol. The smallest absolute Gasteiger partial charge is 0.244 e. The summed E-state index contributed by atoms with van der Waals surface area (Å²) in [6.07, 6.45) is 1.05. The van der Waals surface area contributed by atoms with Gasteiger partial charge in [0.1, 0.15) is 12.6 Å². The highest BCUT2D eigenvalue weighted by molar-refractivity contribution is 7.92. The predicted octanol–water partition coefficient (Wildman–Crippen LogP) is 3.66. The van der Waals surface area contributed by atoms with Gasteiger partial charge >= 0.3 is 0 Å². The van der Waals surface area contributed by atoms with E-state index in [0.29, 0.717) is 16.3 Å². The van der Waals surface area contributed by atoms with Gasteiger partial charge in [-0.2, -0.15) is 0 Å². The maximum Gasteiger partial charge on any atom is 0.244 e. The van der Waals surface area contributed by atoms with Crippen LogP contribution in [0.1, 0.15) is 37.5 Å². The molecule has 180 valence electrons. The number of carbonyl (C=O) groups excluding carboxylic acids is 2. The lowest BCUT2D eigenvalue weighted by atomic mass is 10.1. The van der Waals surface area contributed by atoms with Crippen molar-refractivity contribution in [1.29, 1.82) is 0 Å². The zero-order valence-electron chi connectivity index (χ0n) is 19.9. The first-order valence-corrected chi connectivity index (χ1v) is 12.9. The lowest BCUT2D eigenvalue weighted by Crippen LogP contribution is -2.52. The van der Waals surface area contributed by atoms with Crippen LogP contribution in [0.5, 0.6) is 0 Å². The van der Waals surface area contributed by atoms with Gasteiger partial charge < -0.3 is 10.2 Å². The van der Waals surface area contributed by atoms with E-state index in [4.69, 9.17) is 11.6 Å². The lowest BCUT2D eigenvalue weighted by molar-refractivity contribution is -0.139. The minimum atomic E-state index is -3.78.